The fourth-order valence-corrected chi connectivity index (χ4v) is 2.90. The van der Waals surface area contributed by atoms with E-state index < -0.39 is 11.5 Å². The summed E-state index contributed by atoms with van der Waals surface area (Å²) < 4.78 is 5.84. The molecule has 0 aliphatic heterocycles. The van der Waals surface area contributed by atoms with Crippen LogP contribution in [0.5, 0.6) is 11.5 Å². The standard InChI is InChI=1S/C23H16ClN3O3/c24-16-12-10-15(11-13-16)21-25-14-18(23(29)27-21)22(28)26-19-8-4-5-9-20(19)30-17-6-2-1-3-7-17/h1-14H,(H,26,28)(H,25,27,29). The van der Waals surface area contributed by atoms with Crippen molar-refractivity contribution in [2.75, 3.05) is 5.32 Å². The average Bonchev–Trinajstić information content (AvgIpc) is 2.76. The molecule has 0 bridgehead atoms. The van der Waals surface area contributed by atoms with Gasteiger partial charge in [-0.15, -0.1) is 0 Å². The molecule has 0 saturated carbocycles. The Morgan fingerprint density at radius 2 is 1.63 bits per heavy atom. The number of ether oxygens (including phenoxy) is 1. The third-order valence-corrected chi connectivity index (χ3v) is 4.52. The lowest BCUT2D eigenvalue weighted by atomic mass is 10.2. The smallest absolute Gasteiger partial charge is 0.264 e. The van der Waals surface area contributed by atoms with Gasteiger partial charge in [0.25, 0.3) is 11.5 Å². The molecule has 0 fully saturated rings. The van der Waals surface area contributed by atoms with Crippen molar-refractivity contribution in [3.05, 3.63) is 106 Å². The van der Waals surface area contributed by atoms with Crippen LogP contribution in [0.2, 0.25) is 5.02 Å². The van der Waals surface area contributed by atoms with E-state index in [4.69, 9.17) is 16.3 Å². The highest BCUT2D eigenvalue weighted by atomic mass is 35.5. The number of rotatable bonds is 5. The number of carbonyl (C=O) groups excluding carboxylic acids is 1. The number of amides is 1. The molecule has 148 valence electrons. The number of benzene rings is 3. The molecule has 3 aromatic carbocycles. The van der Waals surface area contributed by atoms with E-state index in [1.807, 2.05) is 30.3 Å². The Bertz CT molecular complexity index is 1240. The Morgan fingerprint density at radius 1 is 0.933 bits per heavy atom. The molecule has 7 heteroatoms. The number of para-hydroxylation sites is 3. The molecular formula is C23H16ClN3O3. The fourth-order valence-electron chi connectivity index (χ4n) is 2.78. The van der Waals surface area contributed by atoms with Crippen LogP contribution in [0.1, 0.15) is 10.4 Å². The van der Waals surface area contributed by atoms with Crippen LogP contribution in [0.15, 0.2) is 89.9 Å². The van der Waals surface area contributed by atoms with Gasteiger partial charge in [-0.3, -0.25) is 9.59 Å². The summed E-state index contributed by atoms with van der Waals surface area (Å²) in [4.78, 5) is 32.0. The summed E-state index contributed by atoms with van der Waals surface area (Å²) in [5.41, 5.74) is 0.466. The van der Waals surface area contributed by atoms with Crippen LogP contribution in [0.25, 0.3) is 11.4 Å². The van der Waals surface area contributed by atoms with E-state index in [9.17, 15) is 9.59 Å². The van der Waals surface area contributed by atoms with Crippen molar-refractivity contribution in [2.45, 2.75) is 0 Å². The lowest BCUT2D eigenvalue weighted by molar-refractivity contribution is 0.102. The molecule has 0 aliphatic carbocycles. The van der Waals surface area contributed by atoms with E-state index in [2.05, 4.69) is 15.3 Å². The van der Waals surface area contributed by atoms with Gasteiger partial charge in [0.1, 0.15) is 17.1 Å². The van der Waals surface area contributed by atoms with E-state index in [-0.39, 0.29) is 5.56 Å². The number of H-pyrrole nitrogens is 1. The zero-order chi connectivity index (χ0) is 20.9. The van der Waals surface area contributed by atoms with E-state index in [0.29, 0.717) is 33.6 Å². The lowest BCUT2D eigenvalue weighted by Gasteiger charge is -2.12. The maximum atomic E-state index is 12.7. The summed E-state index contributed by atoms with van der Waals surface area (Å²) in [6.45, 7) is 0. The van der Waals surface area contributed by atoms with Gasteiger partial charge in [-0.05, 0) is 48.5 Å². The number of aromatic nitrogens is 2. The van der Waals surface area contributed by atoms with E-state index in [1.54, 1.807) is 48.5 Å². The van der Waals surface area contributed by atoms with Gasteiger partial charge < -0.3 is 15.0 Å². The Hall–Kier alpha value is -3.90. The molecule has 1 aromatic heterocycles. The van der Waals surface area contributed by atoms with Crippen LogP contribution < -0.4 is 15.6 Å². The number of aromatic amines is 1. The van der Waals surface area contributed by atoms with Gasteiger partial charge in [-0.2, -0.15) is 0 Å². The second kappa shape index (κ2) is 8.63. The van der Waals surface area contributed by atoms with Crippen LogP contribution in [0.4, 0.5) is 5.69 Å². The summed E-state index contributed by atoms with van der Waals surface area (Å²) in [5, 5.41) is 3.29. The van der Waals surface area contributed by atoms with Gasteiger partial charge in [0.05, 0.1) is 5.69 Å². The Labute approximate surface area is 177 Å². The predicted octanol–water partition coefficient (Wildman–Crippen LogP) is 5.13. The monoisotopic (exact) mass is 417 g/mol. The number of hydrogen-bond acceptors (Lipinski definition) is 4. The molecule has 0 atom stereocenters. The molecule has 1 amide bonds. The van der Waals surface area contributed by atoms with Gasteiger partial charge in [0, 0.05) is 16.8 Å². The van der Waals surface area contributed by atoms with Gasteiger partial charge in [-0.25, -0.2) is 4.98 Å². The highest BCUT2D eigenvalue weighted by molar-refractivity contribution is 6.30. The van der Waals surface area contributed by atoms with Crippen molar-refractivity contribution in [1.82, 2.24) is 9.97 Å². The molecule has 0 radical (unpaired) electrons. The number of anilines is 1. The second-order valence-corrected chi connectivity index (χ2v) is 6.78. The Morgan fingerprint density at radius 3 is 2.37 bits per heavy atom. The molecule has 0 saturated heterocycles. The highest BCUT2D eigenvalue weighted by Crippen LogP contribution is 2.29. The Kier molecular flexibility index (Phi) is 5.59. The zero-order valence-corrected chi connectivity index (χ0v) is 16.4. The predicted molar refractivity (Wildman–Crippen MR) is 116 cm³/mol. The number of hydrogen-bond donors (Lipinski definition) is 2. The molecule has 6 nitrogen and oxygen atoms in total. The minimum Gasteiger partial charge on any atom is -0.455 e. The summed E-state index contributed by atoms with van der Waals surface area (Å²) in [5.74, 6) is 0.849. The number of nitrogens with zero attached hydrogens (tertiary/aromatic N) is 1. The number of halogens is 1. The third-order valence-electron chi connectivity index (χ3n) is 4.27. The first-order chi connectivity index (χ1) is 14.6. The van der Waals surface area contributed by atoms with Gasteiger partial charge in [0.15, 0.2) is 5.75 Å². The topological polar surface area (TPSA) is 84.1 Å². The van der Waals surface area contributed by atoms with Crippen LogP contribution >= 0.6 is 11.6 Å². The van der Waals surface area contributed by atoms with Gasteiger partial charge >= 0.3 is 0 Å². The quantitative estimate of drug-likeness (QED) is 0.471. The van der Waals surface area contributed by atoms with Crippen molar-refractivity contribution in [3.63, 3.8) is 0 Å². The molecule has 0 spiro atoms. The van der Waals surface area contributed by atoms with Crippen molar-refractivity contribution in [1.29, 1.82) is 0 Å². The van der Waals surface area contributed by atoms with E-state index in [0.717, 1.165) is 0 Å². The van der Waals surface area contributed by atoms with Gasteiger partial charge in [0.2, 0.25) is 0 Å². The zero-order valence-electron chi connectivity index (χ0n) is 15.6. The summed E-state index contributed by atoms with van der Waals surface area (Å²) in [7, 11) is 0. The molecule has 0 unspecified atom stereocenters. The molecule has 2 N–H and O–H groups in total. The number of carbonyl (C=O) groups is 1. The SMILES string of the molecule is O=C(Nc1ccccc1Oc1ccccc1)c1cnc(-c2ccc(Cl)cc2)[nH]c1=O. The third kappa shape index (κ3) is 4.39. The Balaban J connectivity index is 1.56. The van der Waals surface area contributed by atoms with Crippen molar-refractivity contribution < 1.29 is 9.53 Å². The van der Waals surface area contributed by atoms with Crippen molar-refractivity contribution in [2.24, 2.45) is 0 Å². The molecule has 4 rings (SSSR count). The second-order valence-electron chi connectivity index (χ2n) is 6.35. The fraction of sp³-hybridized carbons (Fsp3) is 0. The van der Waals surface area contributed by atoms with Crippen LogP contribution in [-0.4, -0.2) is 15.9 Å². The maximum Gasteiger partial charge on any atom is 0.264 e. The number of nitrogens with one attached hydrogen (secondary N) is 2. The van der Waals surface area contributed by atoms with Crippen molar-refractivity contribution in [3.8, 4) is 22.9 Å². The lowest BCUT2D eigenvalue weighted by Crippen LogP contribution is -2.24. The first-order valence-electron chi connectivity index (χ1n) is 9.09. The highest BCUT2D eigenvalue weighted by Gasteiger charge is 2.15. The molecule has 4 aromatic rings. The summed E-state index contributed by atoms with van der Waals surface area (Å²) in [6.07, 6.45) is 1.25. The minimum absolute atomic E-state index is 0.109. The van der Waals surface area contributed by atoms with E-state index in [1.165, 1.54) is 6.20 Å². The van der Waals surface area contributed by atoms with E-state index >= 15 is 0 Å². The largest absolute Gasteiger partial charge is 0.455 e. The summed E-state index contributed by atoms with van der Waals surface area (Å²) >= 11 is 5.88. The maximum absolute atomic E-state index is 12.7. The minimum atomic E-state index is -0.587. The first kappa shape index (κ1) is 19.4. The molecule has 0 aliphatic rings. The summed E-state index contributed by atoms with van der Waals surface area (Å²) in [6, 6.07) is 23.0. The van der Waals surface area contributed by atoms with Crippen LogP contribution in [-0.2, 0) is 0 Å². The molecule has 30 heavy (non-hydrogen) atoms. The van der Waals surface area contributed by atoms with Crippen LogP contribution in [0, 0.1) is 0 Å². The first-order valence-corrected chi connectivity index (χ1v) is 9.46. The molecule has 1 heterocycles. The average molecular weight is 418 g/mol. The normalized spacial score (nSPS) is 10.4. The van der Waals surface area contributed by atoms with Crippen LogP contribution in [0.3, 0.4) is 0 Å². The van der Waals surface area contributed by atoms with Gasteiger partial charge in [-0.1, -0.05) is 41.9 Å². The van der Waals surface area contributed by atoms with Crippen molar-refractivity contribution >= 4 is 23.2 Å². The molecular weight excluding hydrogens is 402 g/mol.